The van der Waals surface area contributed by atoms with Gasteiger partial charge in [-0.3, -0.25) is 0 Å². The molecule has 0 amide bonds. The third-order valence-electron chi connectivity index (χ3n) is 1.29. The molecule has 0 spiro atoms. The summed E-state index contributed by atoms with van der Waals surface area (Å²) in [5.41, 5.74) is 0. The molecular weight excluding hydrogens is 198 g/mol. The average molecular weight is 207 g/mol. The smallest absolute Gasteiger partial charge is 0.393 e. The number of aromatic nitrogens is 2. The highest BCUT2D eigenvalue weighted by atomic mass is 32.2. The van der Waals surface area contributed by atoms with Crippen molar-refractivity contribution in [2.24, 2.45) is 5.14 Å². The Labute approximate surface area is 74.2 Å². The molecular formula is C5H9N3O4S. The number of nitrogens with two attached hydrogens (primary N) is 1. The van der Waals surface area contributed by atoms with Gasteiger partial charge < -0.3 is 4.42 Å². The molecule has 0 saturated carbocycles. The van der Waals surface area contributed by atoms with Gasteiger partial charge in [-0.2, -0.15) is 4.68 Å². The standard InChI is InChI=1S/C5H9N3O4S/c1-4-7-8(5(9)12-4)2-3-13(6,10)11/h2-3H2,1H3,(H2,6,10,11). The van der Waals surface area contributed by atoms with Crippen LogP contribution in [0.5, 0.6) is 0 Å². The minimum atomic E-state index is -3.57. The molecule has 2 N–H and O–H groups in total. The SMILES string of the molecule is Cc1nn(CCS(N)(=O)=O)c(=O)o1. The summed E-state index contributed by atoms with van der Waals surface area (Å²) in [6, 6.07) is 0. The van der Waals surface area contributed by atoms with E-state index in [2.05, 4.69) is 9.52 Å². The topological polar surface area (TPSA) is 108 Å². The van der Waals surface area contributed by atoms with Crippen LogP contribution in [0, 0.1) is 6.92 Å². The van der Waals surface area contributed by atoms with Crippen molar-refractivity contribution in [1.82, 2.24) is 9.78 Å². The van der Waals surface area contributed by atoms with E-state index in [-0.39, 0.29) is 18.2 Å². The first-order chi connectivity index (χ1) is 5.88. The van der Waals surface area contributed by atoms with Crippen LogP contribution in [0.2, 0.25) is 0 Å². The van der Waals surface area contributed by atoms with Gasteiger partial charge in [0, 0.05) is 6.92 Å². The Balaban J connectivity index is 2.76. The Morgan fingerprint density at radius 1 is 1.62 bits per heavy atom. The highest BCUT2D eigenvalue weighted by Crippen LogP contribution is 1.87. The molecule has 1 rings (SSSR count). The Kier molecular flexibility index (Phi) is 2.52. The molecule has 1 aromatic rings. The summed E-state index contributed by atoms with van der Waals surface area (Å²) >= 11 is 0. The normalized spacial score (nSPS) is 11.8. The number of sulfonamides is 1. The summed E-state index contributed by atoms with van der Waals surface area (Å²) in [5, 5.41) is 8.37. The highest BCUT2D eigenvalue weighted by molar-refractivity contribution is 7.89. The van der Waals surface area contributed by atoms with Gasteiger partial charge in [0.25, 0.3) is 0 Å². The van der Waals surface area contributed by atoms with Crippen LogP contribution in [0.3, 0.4) is 0 Å². The van der Waals surface area contributed by atoms with Crippen LogP contribution in [0.25, 0.3) is 0 Å². The summed E-state index contributed by atoms with van der Waals surface area (Å²) in [4.78, 5) is 10.9. The Morgan fingerprint density at radius 3 is 2.62 bits per heavy atom. The summed E-state index contributed by atoms with van der Waals surface area (Å²) < 4.78 is 26.5. The minimum Gasteiger partial charge on any atom is -0.393 e. The Bertz CT molecular complexity index is 443. The Morgan fingerprint density at radius 2 is 2.23 bits per heavy atom. The molecule has 0 atom stereocenters. The van der Waals surface area contributed by atoms with Gasteiger partial charge in [-0.15, -0.1) is 5.10 Å². The number of hydrogen-bond acceptors (Lipinski definition) is 5. The summed E-state index contributed by atoms with van der Waals surface area (Å²) in [6.07, 6.45) is 0. The second kappa shape index (κ2) is 3.30. The Hall–Kier alpha value is -1.15. The molecule has 0 fully saturated rings. The van der Waals surface area contributed by atoms with Crippen molar-refractivity contribution >= 4 is 10.0 Å². The summed E-state index contributed by atoms with van der Waals surface area (Å²) in [7, 11) is -3.57. The van der Waals surface area contributed by atoms with Crippen molar-refractivity contribution in [3.8, 4) is 0 Å². The molecule has 1 aromatic heterocycles. The van der Waals surface area contributed by atoms with Crippen LogP contribution in [-0.2, 0) is 16.6 Å². The fraction of sp³-hybridized carbons (Fsp3) is 0.600. The van der Waals surface area contributed by atoms with Crippen molar-refractivity contribution in [1.29, 1.82) is 0 Å². The number of nitrogens with zero attached hydrogens (tertiary/aromatic N) is 2. The van der Waals surface area contributed by atoms with E-state index in [9.17, 15) is 13.2 Å². The first-order valence-electron chi connectivity index (χ1n) is 3.43. The van der Waals surface area contributed by atoms with Crippen molar-refractivity contribution in [2.75, 3.05) is 5.75 Å². The van der Waals surface area contributed by atoms with Gasteiger partial charge in [0.2, 0.25) is 15.9 Å². The van der Waals surface area contributed by atoms with Crippen LogP contribution in [-0.4, -0.2) is 24.0 Å². The number of hydrogen-bond donors (Lipinski definition) is 1. The zero-order valence-electron chi connectivity index (χ0n) is 6.93. The molecule has 13 heavy (non-hydrogen) atoms. The molecule has 0 saturated heterocycles. The second-order valence-electron chi connectivity index (χ2n) is 2.48. The lowest BCUT2D eigenvalue weighted by Gasteiger charge is -1.95. The molecule has 0 radical (unpaired) electrons. The van der Waals surface area contributed by atoms with Gasteiger partial charge >= 0.3 is 5.76 Å². The fourth-order valence-corrected chi connectivity index (χ4v) is 1.19. The van der Waals surface area contributed by atoms with Crippen molar-refractivity contribution in [3.05, 3.63) is 16.4 Å². The van der Waals surface area contributed by atoms with Crippen LogP contribution in [0.4, 0.5) is 0 Å². The molecule has 7 nitrogen and oxygen atoms in total. The van der Waals surface area contributed by atoms with Gasteiger partial charge in [0.1, 0.15) is 0 Å². The van der Waals surface area contributed by atoms with Crippen molar-refractivity contribution < 1.29 is 12.8 Å². The molecule has 0 aromatic carbocycles. The summed E-state index contributed by atoms with van der Waals surface area (Å²) in [5.74, 6) is -0.820. The predicted molar refractivity (Wildman–Crippen MR) is 43.5 cm³/mol. The van der Waals surface area contributed by atoms with Gasteiger partial charge in [-0.25, -0.2) is 18.4 Å². The van der Waals surface area contributed by atoms with Crippen LogP contribution in [0.15, 0.2) is 9.21 Å². The number of rotatable bonds is 3. The van der Waals surface area contributed by atoms with Crippen LogP contribution >= 0.6 is 0 Å². The van der Waals surface area contributed by atoms with Gasteiger partial charge in [-0.05, 0) is 0 Å². The van der Waals surface area contributed by atoms with E-state index in [0.717, 1.165) is 4.68 Å². The monoisotopic (exact) mass is 207 g/mol. The molecule has 0 aliphatic carbocycles. The lowest BCUT2D eigenvalue weighted by atomic mass is 10.8. The van der Waals surface area contributed by atoms with Gasteiger partial charge in [0.05, 0.1) is 12.3 Å². The van der Waals surface area contributed by atoms with Gasteiger partial charge in [0.15, 0.2) is 0 Å². The van der Waals surface area contributed by atoms with E-state index >= 15 is 0 Å². The third-order valence-corrected chi connectivity index (χ3v) is 2.05. The summed E-state index contributed by atoms with van der Waals surface area (Å²) in [6.45, 7) is 1.41. The second-order valence-corrected chi connectivity index (χ2v) is 4.21. The van der Waals surface area contributed by atoms with E-state index in [1.54, 1.807) is 0 Å². The first-order valence-corrected chi connectivity index (χ1v) is 5.15. The van der Waals surface area contributed by atoms with E-state index in [1.807, 2.05) is 0 Å². The maximum atomic E-state index is 10.9. The maximum absolute atomic E-state index is 10.9. The zero-order chi connectivity index (χ0) is 10.1. The van der Waals surface area contributed by atoms with Gasteiger partial charge in [-0.1, -0.05) is 0 Å². The number of aryl methyl sites for hydroxylation is 2. The average Bonchev–Trinajstić information content (AvgIpc) is 2.24. The minimum absolute atomic E-state index is 0.0883. The van der Waals surface area contributed by atoms with Crippen molar-refractivity contribution in [3.63, 3.8) is 0 Å². The number of primary sulfonamides is 1. The van der Waals surface area contributed by atoms with Crippen molar-refractivity contribution in [2.45, 2.75) is 13.5 Å². The fourth-order valence-electron chi connectivity index (χ4n) is 0.765. The first kappa shape index (κ1) is 9.93. The molecule has 0 aliphatic heterocycles. The lowest BCUT2D eigenvalue weighted by Crippen LogP contribution is -2.25. The third kappa shape index (κ3) is 2.99. The maximum Gasteiger partial charge on any atom is 0.437 e. The lowest BCUT2D eigenvalue weighted by molar-refractivity contribution is 0.463. The van der Waals surface area contributed by atoms with Crippen LogP contribution < -0.4 is 10.9 Å². The molecule has 0 bridgehead atoms. The molecule has 0 unspecified atom stereocenters. The van der Waals surface area contributed by atoms with E-state index in [0.29, 0.717) is 0 Å². The largest absolute Gasteiger partial charge is 0.437 e. The zero-order valence-corrected chi connectivity index (χ0v) is 7.74. The molecule has 0 aliphatic rings. The van der Waals surface area contributed by atoms with Crippen LogP contribution in [0.1, 0.15) is 5.89 Å². The van der Waals surface area contributed by atoms with E-state index < -0.39 is 15.8 Å². The predicted octanol–water partition coefficient (Wildman–Crippen LogP) is -1.57. The quantitative estimate of drug-likeness (QED) is 0.644. The van der Waals surface area contributed by atoms with E-state index in [1.165, 1.54) is 6.92 Å². The molecule has 8 heteroatoms. The molecule has 1 heterocycles. The molecule has 74 valence electrons. The highest BCUT2D eigenvalue weighted by Gasteiger charge is 2.07. The van der Waals surface area contributed by atoms with E-state index in [4.69, 9.17) is 5.14 Å².